The second-order valence-electron chi connectivity index (χ2n) is 4.37. The smallest absolute Gasteiger partial charge is 0.244 e. The number of carbonyl (C=O) groups is 1. The van der Waals surface area contributed by atoms with Crippen LogP contribution in [0.3, 0.4) is 0 Å². The molecule has 0 radical (unpaired) electrons. The van der Waals surface area contributed by atoms with E-state index in [0.717, 1.165) is 5.56 Å². The number of rotatable bonds is 5. The minimum Gasteiger partial charge on any atom is -0.399 e. The summed E-state index contributed by atoms with van der Waals surface area (Å²) in [6, 6.07) is 7.10. The highest BCUT2D eigenvalue weighted by molar-refractivity contribution is 5.92. The first-order valence-corrected chi connectivity index (χ1v) is 5.56. The summed E-state index contributed by atoms with van der Waals surface area (Å²) in [5, 5.41) is 20.6. The summed E-state index contributed by atoms with van der Waals surface area (Å²) < 4.78 is 0. The first-order valence-electron chi connectivity index (χ1n) is 5.56. The van der Waals surface area contributed by atoms with Crippen molar-refractivity contribution in [2.75, 3.05) is 18.9 Å². The second-order valence-corrected chi connectivity index (χ2v) is 4.37. The molecule has 0 aliphatic rings. The molecule has 1 rings (SSSR count). The van der Waals surface area contributed by atoms with Gasteiger partial charge >= 0.3 is 0 Å². The fourth-order valence-corrected chi connectivity index (χ4v) is 1.30. The van der Waals surface area contributed by atoms with E-state index in [1.54, 1.807) is 31.2 Å². The van der Waals surface area contributed by atoms with Gasteiger partial charge in [-0.2, -0.15) is 0 Å². The van der Waals surface area contributed by atoms with Gasteiger partial charge in [-0.25, -0.2) is 0 Å². The molecule has 0 atom stereocenters. The SMILES string of the molecule is CC(CO)(CO)NC(=O)/C=C/c1cccc(N)c1. The van der Waals surface area contributed by atoms with Crippen molar-refractivity contribution >= 4 is 17.7 Å². The fourth-order valence-electron chi connectivity index (χ4n) is 1.30. The molecular formula is C13H18N2O3. The van der Waals surface area contributed by atoms with Crippen LogP contribution in [0.15, 0.2) is 30.3 Å². The Balaban J connectivity index is 2.65. The minimum atomic E-state index is -1.02. The van der Waals surface area contributed by atoms with Crippen LogP contribution in [-0.2, 0) is 4.79 Å². The lowest BCUT2D eigenvalue weighted by Crippen LogP contribution is -2.51. The number of hydrogen-bond acceptors (Lipinski definition) is 4. The summed E-state index contributed by atoms with van der Waals surface area (Å²) in [5.41, 5.74) is 6.02. The maximum atomic E-state index is 11.6. The van der Waals surface area contributed by atoms with Crippen molar-refractivity contribution < 1.29 is 15.0 Å². The number of amides is 1. The highest BCUT2D eigenvalue weighted by Crippen LogP contribution is 2.08. The van der Waals surface area contributed by atoms with E-state index in [-0.39, 0.29) is 19.1 Å². The lowest BCUT2D eigenvalue weighted by molar-refractivity contribution is -0.119. The number of nitrogens with one attached hydrogen (secondary N) is 1. The Bertz CT molecular complexity index is 440. The molecule has 0 unspecified atom stereocenters. The van der Waals surface area contributed by atoms with E-state index in [2.05, 4.69) is 5.32 Å². The maximum Gasteiger partial charge on any atom is 0.244 e. The molecule has 0 saturated carbocycles. The number of nitrogen functional groups attached to an aromatic ring is 1. The van der Waals surface area contributed by atoms with Crippen molar-refractivity contribution in [1.82, 2.24) is 5.32 Å². The number of aliphatic hydroxyl groups is 2. The number of aliphatic hydroxyl groups excluding tert-OH is 2. The molecule has 1 aromatic rings. The van der Waals surface area contributed by atoms with E-state index in [4.69, 9.17) is 15.9 Å². The quantitative estimate of drug-likeness (QED) is 0.441. The summed E-state index contributed by atoms with van der Waals surface area (Å²) in [7, 11) is 0. The van der Waals surface area contributed by atoms with Crippen LogP contribution >= 0.6 is 0 Å². The van der Waals surface area contributed by atoms with Crippen LogP contribution in [-0.4, -0.2) is 34.9 Å². The Morgan fingerprint density at radius 2 is 2.11 bits per heavy atom. The van der Waals surface area contributed by atoms with E-state index in [1.165, 1.54) is 6.08 Å². The number of nitrogens with two attached hydrogens (primary N) is 1. The van der Waals surface area contributed by atoms with Gasteiger partial charge < -0.3 is 21.3 Å². The predicted octanol–water partition coefficient (Wildman–Crippen LogP) is 0.141. The normalized spacial score (nSPS) is 11.7. The van der Waals surface area contributed by atoms with Gasteiger partial charge in [-0.15, -0.1) is 0 Å². The highest BCUT2D eigenvalue weighted by Gasteiger charge is 2.23. The molecule has 0 aliphatic carbocycles. The van der Waals surface area contributed by atoms with E-state index < -0.39 is 5.54 Å². The summed E-state index contributed by atoms with van der Waals surface area (Å²) in [6.07, 6.45) is 2.94. The summed E-state index contributed by atoms with van der Waals surface area (Å²) in [4.78, 5) is 11.6. The van der Waals surface area contributed by atoms with Crippen molar-refractivity contribution in [1.29, 1.82) is 0 Å². The van der Waals surface area contributed by atoms with E-state index in [1.807, 2.05) is 6.07 Å². The molecule has 18 heavy (non-hydrogen) atoms. The van der Waals surface area contributed by atoms with Gasteiger partial charge in [0.2, 0.25) is 5.91 Å². The molecule has 5 nitrogen and oxygen atoms in total. The number of carbonyl (C=O) groups excluding carboxylic acids is 1. The van der Waals surface area contributed by atoms with Gasteiger partial charge in [0, 0.05) is 11.8 Å². The Hall–Kier alpha value is -1.85. The largest absolute Gasteiger partial charge is 0.399 e. The van der Waals surface area contributed by atoms with E-state index in [9.17, 15) is 4.79 Å². The molecule has 0 fully saturated rings. The van der Waals surface area contributed by atoms with Crippen LogP contribution in [0.5, 0.6) is 0 Å². The molecule has 98 valence electrons. The molecule has 0 heterocycles. The lowest BCUT2D eigenvalue weighted by Gasteiger charge is -2.25. The first kappa shape index (κ1) is 14.2. The zero-order valence-corrected chi connectivity index (χ0v) is 10.3. The zero-order valence-electron chi connectivity index (χ0n) is 10.3. The van der Waals surface area contributed by atoms with Crippen LogP contribution in [0, 0.1) is 0 Å². The van der Waals surface area contributed by atoms with Gasteiger partial charge in [0.25, 0.3) is 0 Å². The third-order valence-electron chi connectivity index (χ3n) is 2.46. The van der Waals surface area contributed by atoms with Crippen molar-refractivity contribution in [3.05, 3.63) is 35.9 Å². The zero-order chi connectivity index (χ0) is 13.6. The van der Waals surface area contributed by atoms with Crippen LogP contribution in [0.4, 0.5) is 5.69 Å². The van der Waals surface area contributed by atoms with Crippen LogP contribution in [0.1, 0.15) is 12.5 Å². The molecule has 1 amide bonds. The van der Waals surface area contributed by atoms with Gasteiger partial charge in [-0.3, -0.25) is 4.79 Å². The van der Waals surface area contributed by atoms with Crippen LogP contribution in [0.25, 0.3) is 6.08 Å². The van der Waals surface area contributed by atoms with Crippen molar-refractivity contribution in [3.63, 3.8) is 0 Å². The molecule has 5 heteroatoms. The average molecular weight is 250 g/mol. The van der Waals surface area contributed by atoms with Gasteiger partial charge in [0.05, 0.1) is 18.8 Å². The van der Waals surface area contributed by atoms with Gasteiger partial charge in [0.1, 0.15) is 0 Å². The summed E-state index contributed by atoms with van der Waals surface area (Å²) in [6.45, 7) is 0.891. The molecule has 0 aromatic heterocycles. The number of anilines is 1. The Morgan fingerprint density at radius 3 is 2.67 bits per heavy atom. The number of hydrogen-bond donors (Lipinski definition) is 4. The molecule has 0 spiro atoms. The van der Waals surface area contributed by atoms with Crippen LogP contribution in [0.2, 0.25) is 0 Å². The molecule has 0 aliphatic heterocycles. The van der Waals surface area contributed by atoms with Gasteiger partial charge in [-0.1, -0.05) is 12.1 Å². The Morgan fingerprint density at radius 1 is 1.44 bits per heavy atom. The van der Waals surface area contributed by atoms with Crippen molar-refractivity contribution in [2.24, 2.45) is 0 Å². The maximum absolute atomic E-state index is 11.6. The topological polar surface area (TPSA) is 95.6 Å². The fraction of sp³-hybridized carbons (Fsp3) is 0.308. The molecular weight excluding hydrogens is 232 g/mol. The van der Waals surface area contributed by atoms with Crippen molar-refractivity contribution in [2.45, 2.75) is 12.5 Å². The minimum absolute atomic E-state index is 0.332. The highest BCUT2D eigenvalue weighted by atomic mass is 16.3. The Labute approximate surface area is 106 Å². The van der Waals surface area contributed by atoms with E-state index in [0.29, 0.717) is 5.69 Å². The number of benzene rings is 1. The standard InChI is InChI=1S/C13H18N2O3/c1-13(8-16,9-17)15-12(18)6-5-10-3-2-4-11(14)7-10/h2-7,16-17H,8-9,14H2,1H3,(H,15,18)/b6-5+. The van der Waals surface area contributed by atoms with Crippen molar-refractivity contribution in [3.8, 4) is 0 Å². The molecule has 0 bridgehead atoms. The van der Waals surface area contributed by atoms with Crippen LogP contribution < -0.4 is 11.1 Å². The van der Waals surface area contributed by atoms with Gasteiger partial charge in [0.15, 0.2) is 0 Å². The predicted molar refractivity (Wildman–Crippen MR) is 70.6 cm³/mol. The molecule has 5 N–H and O–H groups in total. The lowest BCUT2D eigenvalue weighted by atomic mass is 10.1. The third-order valence-corrected chi connectivity index (χ3v) is 2.46. The third kappa shape index (κ3) is 4.20. The molecule has 1 aromatic carbocycles. The first-order chi connectivity index (χ1) is 8.49. The van der Waals surface area contributed by atoms with Gasteiger partial charge in [-0.05, 0) is 30.7 Å². The Kier molecular flexibility index (Phi) is 4.88. The molecule has 0 saturated heterocycles. The monoisotopic (exact) mass is 250 g/mol. The van der Waals surface area contributed by atoms with E-state index >= 15 is 0 Å². The average Bonchev–Trinajstić information content (AvgIpc) is 2.36. The second kappa shape index (κ2) is 6.18. The summed E-state index contributed by atoms with van der Waals surface area (Å²) >= 11 is 0. The summed E-state index contributed by atoms with van der Waals surface area (Å²) in [5.74, 6) is -0.386.